The zero-order valence-corrected chi connectivity index (χ0v) is 22.5. The van der Waals surface area contributed by atoms with Crippen LogP contribution in [0.15, 0.2) is 64.6 Å². The summed E-state index contributed by atoms with van der Waals surface area (Å²) < 4.78 is 49.3. The smallest absolute Gasteiger partial charge is 0.265 e. The fraction of sp³-hybridized carbons (Fsp3) is 0.200. The number of rotatable bonds is 11. The van der Waals surface area contributed by atoms with Crippen LogP contribution in [0.25, 0.3) is 0 Å². The number of sulfonamides is 1. The van der Waals surface area contributed by atoms with Crippen molar-refractivity contribution in [3.63, 3.8) is 0 Å². The summed E-state index contributed by atoms with van der Waals surface area (Å²) in [6.45, 7) is -0.663. The van der Waals surface area contributed by atoms with Crippen LogP contribution in [-0.4, -0.2) is 60.6 Å². The lowest BCUT2D eigenvalue weighted by atomic mass is 10.2. The van der Waals surface area contributed by atoms with Crippen molar-refractivity contribution >= 4 is 39.4 Å². The summed E-state index contributed by atoms with van der Waals surface area (Å²) in [7, 11) is 1.22. The van der Waals surface area contributed by atoms with Crippen molar-refractivity contribution in [3.05, 3.63) is 65.2 Å². The second kappa shape index (κ2) is 12.4. The van der Waals surface area contributed by atoms with Crippen LogP contribution in [0.1, 0.15) is 5.56 Å². The van der Waals surface area contributed by atoms with Crippen molar-refractivity contribution in [3.8, 4) is 28.7 Å². The fourth-order valence-corrected chi connectivity index (χ4v) is 4.99. The number of benzene rings is 3. The van der Waals surface area contributed by atoms with Crippen molar-refractivity contribution < 1.29 is 37.3 Å². The predicted octanol–water partition coefficient (Wildman–Crippen LogP) is 3.43. The van der Waals surface area contributed by atoms with Gasteiger partial charge in [0, 0.05) is 11.1 Å². The second-order valence-electron chi connectivity index (χ2n) is 7.57. The minimum atomic E-state index is -4.34. The molecule has 0 aliphatic rings. The number of aromatic hydroxyl groups is 1. The van der Waals surface area contributed by atoms with Crippen LogP contribution in [0, 0.1) is 0 Å². The van der Waals surface area contributed by atoms with E-state index in [4.69, 9.17) is 30.5 Å². The summed E-state index contributed by atoms with van der Waals surface area (Å²) >= 11 is 6.16. The molecule has 0 atom stereocenters. The Labute approximate surface area is 225 Å². The average molecular weight is 564 g/mol. The van der Waals surface area contributed by atoms with Gasteiger partial charge in [0.25, 0.3) is 15.9 Å². The summed E-state index contributed by atoms with van der Waals surface area (Å²) in [6.07, 6.45) is 1.31. The highest BCUT2D eigenvalue weighted by Gasteiger charge is 2.30. The van der Waals surface area contributed by atoms with Crippen LogP contribution in [-0.2, 0) is 14.8 Å². The highest BCUT2D eigenvalue weighted by atomic mass is 35.5. The molecule has 0 bridgehead atoms. The molecule has 3 aromatic rings. The van der Waals surface area contributed by atoms with Gasteiger partial charge in [-0.05, 0) is 54.1 Å². The van der Waals surface area contributed by atoms with Gasteiger partial charge in [0.1, 0.15) is 12.3 Å². The van der Waals surface area contributed by atoms with Crippen molar-refractivity contribution in [2.75, 3.05) is 39.3 Å². The minimum absolute atomic E-state index is 0.0391. The van der Waals surface area contributed by atoms with Crippen LogP contribution in [0.4, 0.5) is 5.69 Å². The first-order valence-corrected chi connectivity index (χ1v) is 12.7. The molecule has 2 N–H and O–H groups in total. The highest BCUT2D eigenvalue weighted by Crippen LogP contribution is 2.37. The maximum atomic E-state index is 13.8. The third-order valence-corrected chi connectivity index (χ3v) is 7.24. The van der Waals surface area contributed by atoms with E-state index in [9.17, 15) is 18.3 Å². The number of hydrogen-bond acceptors (Lipinski definition) is 9. The van der Waals surface area contributed by atoms with Gasteiger partial charge in [-0.3, -0.25) is 9.10 Å². The van der Waals surface area contributed by atoms with Crippen molar-refractivity contribution in [1.82, 2.24) is 5.43 Å². The normalized spacial score (nSPS) is 11.2. The summed E-state index contributed by atoms with van der Waals surface area (Å²) in [6, 6.07) is 12.9. The van der Waals surface area contributed by atoms with Gasteiger partial charge in [0.15, 0.2) is 23.0 Å². The van der Waals surface area contributed by atoms with E-state index >= 15 is 0 Å². The highest BCUT2D eigenvalue weighted by molar-refractivity contribution is 7.92. The lowest BCUT2D eigenvalue weighted by Crippen LogP contribution is -2.39. The van der Waals surface area contributed by atoms with Gasteiger partial charge in [-0.1, -0.05) is 11.6 Å². The minimum Gasteiger partial charge on any atom is -0.504 e. The Bertz CT molecular complexity index is 1450. The van der Waals surface area contributed by atoms with Gasteiger partial charge >= 0.3 is 0 Å². The number of ether oxygens (including phenoxy) is 4. The van der Waals surface area contributed by atoms with Gasteiger partial charge < -0.3 is 24.1 Å². The molecule has 0 aliphatic heterocycles. The number of carbonyl (C=O) groups excluding carboxylic acids is 1. The number of methoxy groups -OCH3 is 4. The van der Waals surface area contributed by atoms with E-state index in [-0.39, 0.29) is 38.6 Å². The molecule has 0 saturated carbocycles. The average Bonchev–Trinajstić information content (AvgIpc) is 2.92. The molecule has 0 spiro atoms. The third-order valence-electron chi connectivity index (χ3n) is 5.25. The molecule has 0 unspecified atom stereocenters. The molecule has 3 aromatic carbocycles. The largest absolute Gasteiger partial charge is 0.504 e. The zero-order chi connectivity index (χ0) is 27.9. The molecule has 202 valence electrons. The van der Waals surface area contributed by atoms with E-state index in [0.29, 0.717) is 11.3 Å². The molecular formula is C25H26ClN3O8S. The van der Waals surface area contributed by atoms with E-state index in [1.54, 1.807) is 6.07 Å². The number of nitrogens with zero attached hydrogens (tertiary/aromatic N) is 2. The molecule has 11 nitrogen and oxygen atoms in total. The lowest BCUT2D eigenvalue weighted by molar-refractivity contribution is -0.119. The number of hydrazone groups is 1. The molecule has 0 aromatic heterocycles. The number of phenols is 1. The Morgan fingerprint density at radius 2 is 1.58 bits per heavy atom. The first-order valence-electron chi connectivity index (χ1n) is 10.9. The van der Waals surface area contributed by atoms with E-state index in [1.165, 1.54) is 83.2 Å². The summed E-state index contributed by atoms with van der Waals surface area (Å²) in [5, 5.41) is 13.8. The quantitative estimate of drug-likeness (QED) is 0.267. The van der Waals surface area contributed by atoms with E-state index in [0.717, 1.165) is 4.31 Å². The predicted molar refractivity (Wildman–Crippen MR) is 142 cm³/mol. The fourth-order valence-electron chi connectivity index (χ4n) is 3.38. The second-order valence-corrected chi connectivity index (χ2v) is 9.87. The maximum Gasteiger partial charge on any atom is 0.265 e. The number of amides is 1. The molecule has 0 heterocycles. The molecule has 0 fully saturated rings. The third kappa shape index (κ3) is 6.39. The Morgan fingerprint density at radius 1 is 0.921 bits per heavy atom. The number of phenolic OH excluding ortho intramolecular Hbond substituents is 1. The van der Waals surface area contributed by atoms with Crippen LogP contribution >= 0.6 is 11.6 Å². The number of hydrogen-bond donors (Lipinski definition) is 2. The molecule has 38 heavy (non-hydrogen) atoms. The molecule has 3 rings (SSSR count). The van der Waals surface area contributed by atoms with Crippen LogP contribution in [0.3, 0.4) is 0 Å². The van der Waals surface area contributed by atoms with Gasteiger partial charge in [-0.25, -0.2) is 13.8 Å². The number of halogens is 1. The van der Waals surface area contributed by atoms with E-state index in [2.05, 4.69) is 10.5 Å². The lowest BCUT2D eigenvalue weighted by Gasteiger charge is -2.25. The number of anilines is 1. The van der Waals surface area contributed by atoms with Crippen molar-refractivity contribution in [2.45, 2.75) is 4.90 Å². The van der Waals surface area contributed by atoms with Crippen LogP contribution in [0.2, 0.25) is 5.02 Å². The summed E-state index contributed by atoms with van der Waals surface area (Å²) in [5.41, 5.74) is 2.86. The molecule has 1 amide bonds. The molecule has 0 aliphatic carbocycles. The van der Waals surface area contributed by atoms with E-state index in [1.807, 2.05) is 0 Å². The Morgan fingerprint density at radius 3 is 2.24 bits per heavy atom. The van der Waals surface area contributed by atoms with Gasteiger partial charge in [-0.15, -0.1) is 0 Å². The van der Waals surface area contributed by atoms with Gasteiger partial charge in [0.2, 0.25) is 0 Å². The summed E-state index contributed by atoms with van der Waals surface area (Å²) in [5.74, 6) is 0.103. The van der Waals surface area contributed by atoms with E-state index < -0.39 is 22.5 Å². The molecule has 0 saturated heterocycles. The molecule has 0 radical (unpaired) electrons. The monoisotopic (exact) mass is 563 g/mol. The maximum absolute atomic E-state index is 13.8. The zero-order valence-electron chi connectivity index (χ0n) is 21.0. The molecular weight excluding hydrogens is 538 g/mol. The van der Waals surface area contributed by atoms with Crippen molar-refractivity contribution in [2.24, 2.45) is 5.10 Å². The first-order chi connectivity index (χ1) is 18.1. The summed E-state index contributed by atoms with van der Waals surface area (Å²) in [4.78, 5) is 12.7. The topological polar surface area (TPSA) is 136 Å². The first kappa shape index (κ1) is 28.4. The number of nitrogens with one attached hydrogen (secondary N) is 1. The Balaban J connectivity index is 1.96. The van der Waals surface area contributed by atoms with Crippen LogP contribution in [0.5, 0.6) is 28.7 Å². The number of carbonyl (C=O) groups is 1. The van der Waals surface area contributed by atoms with Gasteiger partial charge in [0.05, 0.1) is 45.2 Å². The molecule has 13 heteroatoms. The SMILES string of the molecule is COc1cc(/C=N\NC(=O)CN(c2cc(Cl)ccc2OC)S(=O)(=O)c2ccc(OC)c(OC)c2)ccc1O. The van der Waals surface area contributed by atoms with Gasteiger partial charge in [-0.2, -0.15) is 5.10 Å². The van der Waals surface area contributed by atoms with Crippen molar-refractivity contribution in [1.29, 1.82) is 0 Å². The standard InChI is InChI=1S/C25H26ClN3O8S/c1-34-21-9-6-17(26)12-19(21)29(38(32,33)18-7-10-22(35-2)24(13-18)37-4)15-25(31)28-27-14-16-5-8-20(30)23(11-16)36-3/h5-14,30H,15H2,1-4H3,(H,28,31)/b27-14-. The Kier molecular flexibility index (Phi) is 9.26. The van der Waals surface area contributed by atoms with Crippen LogP contribution < -0.4 is 28.7 Å². The Hall–Kier alpha value is -4.16.